The summed E-state index contributed by atoms with van der Waals surface area (Å²) >= 11 is 7.79. The van der Waals surface area contributed by atoms with E-state index >= 15 is 0 Å². The third-order valence-corrected chi connectivity index (χ3v) is 14.4. The number of piperidine rings is 2. The van der Waals surface area contributed by atoms with Crippen LogP contribution in [0.15, 0.2) is 72.4 Å². The van der Waals surface area contributed by atoms with Gasteiger partial charge in [0.15, 0.2) is 0 Å². The van der Waals surface area contributed by atoms with Crippen molar-refractivity contribution < 1.29 is 28.3 Å². The number of nitrogens with one attached hydrogen (secondary N) is 3. The van der Waals surface area contributed by atoms with Gasteiger partial charge in [0.2, 0.25) is 17.7 Å². The molecule has 65 heavy (non-hydrogen) atoms. The Morgan fingerprint density at radius 1 is 0.938 bits per heavy atom. The number of thioether (sulfide) groups is 1. The van der Waals surface area contributed by atoms with Crippen molar-refractivity contribution >= 4 is 75.1 Å². The fraction of sp³-hybridized carbons (Fsp3) is 0.458. The van der Waals surface area contributed by atoms with Crippen LogP contribution in [-0.4, -0.2) is 130 Å². The highest BCUT2D eigenvalue weighted by Gasteiger charge is 2.40. The molecule has 14 nitrogen and oxygen atoms in total. The Labute approximate surface area is 388 Å². The zero-order valence-electron chi connectivity index (χ0n) is 36.7. The Morgan fingerprint density at radius 2 is 1.72 bits per heavy atom. The van der Waals surface area contributed by atoms with E-state index in [4.69, 9.17) is 16.3 Å². The number of anilines is 3. The molecule has 3 N–H and O–H groups in total. The van der Waals surface area contributed by atoms with E-state index in [0.717, 1.165) is 81.4 Å². The van der Waals surface area contributed by atoms with Crippen LogP contribution in [0.2, 0.25) is 5.02 Å². The zero-order valence-corrected chi connectivity index (χ0v) is 38.2. The number of amides is 4. The highest BCUT2D eigenvalue weighted by atomic mass is 35.5. The SMILES string of the molecule is C=CC(=O)Nc1cc2c(Nc3ccc(F)c(Cl)c3)ncnc2cc1OCCCN1CCC(N2CCN(CCCCCCSc3cccc4c3CN(C3CCC(=O)NC3=O)C4=O)CC2)CC1. The number of likely N-dealkylation sites (tertiary alicyclic amines) is 1. The lowest BCUT2D eigenvalue weighted by atomic mass is 10.0. The average molecular weight is 927 g/mol. The lowest BCUT2D eigenvalue weighted by Gasteiger charge is -2.43. The summed E-state index contributed by atoms with van der Waals surface area (Å²) in [5.74, 6) is 0.316. The molecule has 0 radical (unpaired) electrons. The van der Waals surface area contributed by atoms with Gasteiger partial charge in [-0.25, -0.2) is 14.4 Å². The van der Waals surface area contributed by atoms with Gasteiger partial charge in [0.1, 0.15) is 29.8 Å². The first-order chi connectivity index (χ1) is 31.6. The lowest BCUT2D eigenvalue weighted by Crippen LogP contribution is -2.53. The van der Waals surface area contributed by atoms with Crippen LogP contribution >= 0.6 is 23.4 Å². The molecule has 8 rings (SSSR count). The van der Waals surface area contributed by atoms with E-state index < -0.39 is 11.9 Å². The number of unbranched alkanes of at least 4 members (excludes halogenated alkanes) is 3. The van der Waals surface area contributed by atoms with Gasteiger partial charge in [-0.1, -0.05) is 37.1 Å². The van der Waals surface area contributed by atoms with E-state index in [1.807, 2.05) is 12.1 Å². The van der Waals surface area contributed by atoms with Crippen molar-refractivity contribution in [1.82, 2.24) is 34.9 Å². The molecule has 4 aliphatic rings. The summed E-state index contributed by atoms with van der Waals surface area (Å²) in [5, 5.41) is 9.04. The van der Waals surface area contributed by atoms with Crippen LogP contribution in [-0.2, 0) is 20.9 Å². The predicted octanol–water partition coefficient (Wildman–Crippen LogP) is 7.26. The molecule has 0 aliphatic carbocycles. The second-order valence-corrected chi connectivity index (χ2v) is 18.7. The second-order valence-electron chi connectivity index (χ2n) is 17.1. The Balaban J connectivity index is 0.703. The molecule has 4 amide bonds. The third kappa shape index (κ3) is 11.6. The monoisotopic (exact) mass is 925 g/mol. The number of imide groups is 1. The van der Waals surface area contributed by atoms with Crippen LogP contribution in [0.4, 0.5) is 21.6 Å². The molecule has 1 atom stereocenters. The Bertz CT molecular complexity index is 2390. The number of rotatable bonds is 19. The van der Waals surface area contributed by atoms with Crippen molar-refractivity contribution in [3.05, 3.63) is 89.5 Å². The number of benzene rings is 3. The molecule has 4 aromatic rings. The molecular formula is C48H57ClFN9O5S. The molecular weight excluding hydrogens is 869 g/mol. The van der Waals surface area contributed by atoms with E-state index in [1.54, 1.807) is 34.9 Å². The Hall–Kier alpha value is -5.13. The normalized spacial score (nSPS) is 18.8. The number of halogens is 2. The average Bonchev–Trinajstić information content (AvgIpc) is 3.65. The van der Waals surface area contributed by atoms with Crippen LogP contribution in [0.1, 0.15) is 73.7 Å². The molecule has 3 saturated heterocycles. The van der Waals surface area contributed by atoms with Crippen molar-refractivity contribution in [2.45, 2.75) is 81.3 Å². The first-order valence-electron chi connectivity index (χ1n) is 22.8. The molecule has 0 saturated carbocycles. The summed E-state index contributed by atoms with van der Waals surface area (Å²) in [6, 6.07) is 13.8. The van der Waals surface area contributed by atoms with E-state index in [1.165, 1.54) is 56.6 Å². The molecule has 3 aromatic carbocycles. The van der Waals surface area contributed by atoms with Crippen molar-refractivity contribution in [1.29, 1.82) is 0 Å². The van der Waals surface area contributed by atoms with Gasteiger partial charge in [-0.15, -0.1) is 11.8 Å². The Morgan fingerprint density at radius 3 is 2.51 bits per heavy atom. The predicted molar refractivity (Wildman–Crippen MR) is 252 cm³/mol. The van der Waals surface area contributed by atoms with Gasteiger partial charge in [-0.2, -0.15) is 0 Å². The van der Waals surface area contributed by atoms with E-state index in [-0.39, 0.29) is 35.1 Å². The van der Waals surface area contributed by atoms with Gasteiger partial charge in [-0.3, -0.25) is 29.4 Å². The number of hydrogen-bond donors (Lipinski definition) is 3. The minimum absolute atomic E-state index is 0.0101. The van der Waals surface area contributed by atoms with Crippen LogP contribution in [0.25, 0.3) is 10.9 Å². The highest BCUT2D eigenvalue weighted by Crippen LogP contribution is 2.36. The number of fused-ring (bicyclic) bond motifs is 2. The van der Waals surface area contributed by atoms with Gasteiger partial charge < -0.3 is 30.1 Å². The molecule has 0 spiro atoms. The molecule has 0 bridgehead atoms. The number of nitrogens with zero attached hydrogens (tertiary/aromatic N) is 6. The largest absolute Gasteiger partial charge is 0.491 e. The summed E-state index contributed by atoms with van der Waals surface area (Å²) in [6.07, 6.45) is 11.2. The fourth-order valence-corrected chi connectivity index (χ4v) is 10.6. The summed E-state index contributed by atoms with van der Waals surface area (Å²) in [6.45, 7) is 13.2. The van der Waals surface area contributed by atoms with Crippen LogP contribution in [0, 0.1) is 5.82 Å². The van der Waals surface area contributed by atoms with E-state index in [9.17, 15) is 23.6 Å². The van der Waals surface area contributed by atoms with Gasteiger partial charge >= 0.3 is 0 Å². The van der Waals surface area contributed by atoms with E-state index in [0.29, 0.717) is 65.0 Å². The van der Waals surface area contributed by atoms with Crippen LogP contribution in [0.3, 0.4) is 0 Å². The molecule has 5 heterocycles. The quantitative estimate of drug-likeness (QED) is 0.0376. The molecule has 17 heteroatoms. The van der Waals surface area contributed by atoms with Crippen LogP contribution < -0.4 is 20.7 Å². The smallest absolute Gasteiger partial charge is 0.255 e. The van der Waals surface area contributed by atoms with Gasteiger partial charge in [0.05, 0.1) is 22.8 Å². The number of piperazine rings is 1. The number of ether oxygens (including phenoxy) is 1. The highest BCUT2D eigenvalue weighted by molar-refractivity contribution is 7.99. The van der Waals surface area contributed by atoms with Crippen molar-refractivity contribution in [3.63, 3.8) is 0 Å². The molecule has 344 valence electrons. The summed E-state index contributed by atoms with van der Waals surface area (Å²) in [4.78, 5) is 69.0. The lowest BCUT2D eigenvalue weighted by molar-refractivity contribution is -0.137. The minimum Gasteiger partial charge on any atom is -0.491 e. The Kier molecular flexibility index (Phi) is 15.6. The number of carbonyl (C=O) groups excluding carboxylic acids is 4. The molecule has 4 aliphatic heterocycles. The molecule has 1 aromatic heterocycles. The van der Waals surface area contributed by atoms with Crippen LogP contribution in [0.5, 0.6) is 5.75 Å². The van der Waals surface area contributed by atoms with Gasteiger partial charge in [0.25, 0.3) is 5.91 Å². The summed E-state index contributed by atoms with van der Waals surface area (Å²) < 4.78 is 20.0. The minimum atomic E-state index is -0.589. The maximum absolute atomic E-state index is 13.8. The summed E-state index contributed by atoms with van der Waals surface area (Å²) in [7, 11) is 0. The topological polar surface area (TPSA) is 152 Å². The number of hydrogen-bond acceptors (Lipinski definition) is 12. The third-order valence-electron chi connectivity index (χ3n) is 12.9. The fourth-order valence-electron chi connectivity index (χ4n) is 9.29. The van der Waals surface area contributed by atoms with Crippen molar-refractivity contribution in [2.24, 2.45) is 0 Å². The van der Waals surface area contributed by atoms with E-state index in [2.05, 4.69) is 53.3 Å². The number of aromatic nitrogens is 2. The standard InChI is InChI=1S/C48H57ClFN9O5S/c1-2-44(60)54-40-28-35-39(51-31-52-46(35)53-32-11-12-38(50)37(49)27-32)29-42(40)64-25-8-18-56-19-15-33(16-20-56)58-23-21-57(22-24-58)17-5-3-4-6-26-65-43-10-7-9-34-36(43)30-59(48(34)63)41-13-14-45(61)55-47(41)62/h2,7,9-12,27-29,31,33,41H,1,3-6,8,13-26,30H2,(H,54,60)(H,51,52,53)(H,55,61,62). The van der Waals surface area contributed by atoms with Crippen molar-refractivity contribution in [3.8, 4) is 5.75 Å². The first kappa shape index (κ1) is 46.4. The second kappa shape index (κ2) is 21.9. The zero-order chi connectivity index (χ0) is 45.3. The first-order valence-corrected chi connectivity index (χ1v) is 24.1. The molecule has 3 fully saturated rings. The van der Waals surface area contributed by atoms with Gasteiger partial charge in [0, 0.05) is 79.3 Å². The summed E-state index contributed by atoms with van der Waals surface area (Å²) in [5.41, 5.74) is 3.33. The van der Waals surface area contributed by atoms with Crippen molar-refractivity contribution in [2.75, 3.05) is 75.4 Å². The molecule has 1 unspecified atom stereocenters. The number of carbonyl (C=O) groups is 4. The maximum Gasteiger partial charge on any atom is 0.255 e. The van der Waals surface area contributed by atoms with Gasteiger partial charge in [-0.05, 0) is 112 Å². The maximum atomic E-state index is 13.8.